The Labute approximate surface area is 105 Å². The average Bonchev–Trinajstić information content (AvgIpc) is 2.87. The van der Waals surface area contributed by atoms with Gasteiger partial charge in [-0.1, -0.05) is 6.07 Å². The van der Waals surface area contributed by atoms with Crippen molar-refractivity contribution in [1.29, 1.82) is 0 Å². The molecule has 1 N–H and O–H groups in total. The highest BCUT2D eigenvalue weighted by Gasteiger charge is 2.06. The minimum Gasteiger partial charge on any atom is -0.440 e. The molecule has 0 amide bonds. The number of unbranched alkanes of at least 4 members (excludes halogenated alkanes) is 1. The van der Waals surface area contributed by atoms with Crippen LogP contribution in [0.15, 0.2) is 28.1 Å². The number of hydrogen-bond acceptors (Lipinski definition) is 4. The summed E-state index contributed by atoms with van der Waals surface area (Å²) in [5.74, 6) is 1.59. The molecule has 0 aliphatic heterocycles. The normalized spacial score (nSPS) is 10.1. The molecule has 2 aromatic rings. The Morgan fingerprint density at radius 2 is 2.25 bits per heavy atom. The number of aryl methyl sites for hydroxylation is 1. The van der Waals surface area contributed by atoms with Gasteiger partial charge in [0, 0.05) is 13.0 Å². The van der Waals surface area contributed by atoms with E-state index in [1.54, 1.807) is 17.5 Å². The van der Waals surface area contributed by atoms with Gasteiger partial charge in [-0.05, 0) is 24.3 Å². The Morgan fingerprint density at radius 3 is 2.94 bits per heavy atom. The van der Waals surface area contributed by atoms with Crippen molar-refractivity contribution in [3.05, 3.63) is 29.6 Å². The third kappa shape index (κ3) is 3.33. The van der Waals surface area contributed by atoms with Crippen molar-refractivity contribution in [1.82, 2.24) is 4.98 Å². The molecule has 0 aromatic carbocycles. The topological polar surface area (TPSA) is 46.3 Å². The van der Waals surface area contributed by atoms with E-state index in [0.29, 0.717) is 0 Å². The monoisotopic (exact) mass is 259 g/mol. The van der Waals surface area contributed by atoms with Gasteiger partial charge in [-0.2, -0.15) is 0 Å². The van der Waals surface area contributed by atoms with Crippen molar-refractivity contribution in [2.45, 2.75) is 19.3 Å². The third-order valence-electron chi connectivity index (χ3n) is 2.12. The molecule has 0 aliphatic carbocycles. The van der Waals surface area contributed by atoms with Crippen LogP contribution in [0.4, 0.5) is 0 Å². The number of aliphatic hydroxyl groups excluding tert-OH is 1. The quantitative estimate of drug-likeness (QED) is 0.839. The van der Waals surface area contributed by atoms with Crippen molar-refractivity contribution in [3.8, 4) is 10.6 Å². The maximum absolute atomic E-state index is 8.65. The molecule has 0 bridgehead atoms. The highest BCUT2D eigenvalue weighted by molar-refractivity contribution is 7.13. The molecule has 0 fully saturated rings. The number of rotatable bonds is 5. The van der Waals surface area contributed by atoms with Crippen molar-refractivity contribution in [2.75, 3.05) is 6.61 Å². The second kappa shape index (κ2) is 6.68. The van der Waals surface area contributed by atoms with Gasteiger partial charge in [-0.3, -0.25) is 0 Å². The number of oxazole rings is 1. The van der Waals surface area contributed by atoms with Crippen LogP contribution in [0.3, 0.4) is 0 Å². The summed E-state index contributed by atoms with van der Waals surface area (Å²) in [7, 11) is 0. The standard InChI is InChI=1S/C11H13NO2S.ClH/c13-6-2-1-5-11-12-8-9(14-11)10-4-3-7-15-10;/h3-4,7-8,13H,1-2,5-6H2;1H. The molecule has 0 unspecified atom stereocenters. The first-order valence-corrected chi connectivity index (χ1v) is 5.87. The molecule has 2 heterocycles. The maximum Gasteiger partial charge on any atom is 0.194 e. The fourth-order valence-electron chi connectivity index (χ4n) is 1.35. The van der Waals surface area contributed by atoms with E-state index in [-0.39, 0.29) is 19.0 Å². The molecular formula is C11H14ClNO2S. The average molecular weight is 260 g/mol. The van der Waals surface area contributed by atoms with Crippen molar-refractivity contribution >= 4 is 23.7 Å². The van der Waals surface area contributed by atoms with E-state index in [4.69, 9.17) is 9.52 Å². The molecular weight excluding hydrogens is 246 g/mol. The first kappa shape index (κ1) is 13.2. The summed E-state index contributed by atoms with van der Waals surface area (Å²) in [5.41, 5.74) is 0. The van der Waals surface area contributed by atoms with Gasteiger partial charge in [0.1, 0.15) is 0 Å². The molecule has 3 nitrogen and oxygen atoms in total. The zero-order valence-electron chi connectivity index (χ0n) is 8.76. The fourth-order valence-corrected chi connectivity index (χ4v) is 2.02. The lowest BCUT2D eigenvalue weighted by Crippen LogP contribution is -1.87. The number of aromatic nitrogens is 1. The second-order valence-corrected chi connectivity index (χ2v) is 4.22. The van der Waals surface area contributed by atoms with Gasteiger partial charge in [-0.15, -0.1) is 23.7 Å². The number of hydrogen-bond donors (Lipinski definition) is 1. The van der Waals surface area contributed by atoms with E-state index in [0.717, 1.165) is 35.8 Å². The number of nitrogens with zero attached hydrogens (tertiary/aromatic N) is 1. The molecule has 5 heteroatoms. The second-order valence-electron chi connectivity index (χ2n) is 3.28. The summed E-state index contributed by atoms with van der Waals surface area (Å²) in [6, 6.07) is 4.01. The van der Waals surface area contributed by atoms with Crippen LogP contribution >= 0.6 is 23.7 Å². The highest BCUT2D eigenvalue weighted by Crippen LogP contribution is 2.25. The Bertz CT molecular complexity index is 400. The summed E-state index contributed by atoms with van der Waals surface area (Å²) < 4.78 is 5.59. The minimum atomic E-state index is 0. The lowest BCUT2D eigenvalue weighted by molar-refractivity contribution is 0.283. The van der Waals surface area contributed by atoms with E-state index in [9.17, 15) is 0 Å². The summed E-state index contributed by atoms with van der Waals surface area (Å²) in [6.45, 7) is 0.235. The Kier molecular flexibility index (Phi) is 5.52. The minimum absolute atomic E-state index is 0. The van der Waals surface area contributed by atoms with Gasteiger partial charge >= 0.3 is 0 Å². The van der Waals surface area contributed by atoms with Crippen LogP contribution in [0.2, 0.25) is 0 Å². The van der Waals surface area contributed by atoms with Gasteiger partial charge in [0.05, 0.1) is 11.1 Å². The molecule has 2 aromatic heterocycles. The van der Waals surface area contributed by atoms with Crippen molar-refractivity contribution in [3.63, 3.8) is 0 Å². The van der Waals surface area contributed by atoms with Gasteiger partial charge in [0.2, 0.25) is 0 Å². The van der Waals surface area contributed by atoms with Crippen molar-refractivity contribution in [2.24, 2.45) is 0 Å². The Hall–Kier alpha value is -0.840. The van der Waals surface area contributed by atoms with E-state index >= 15 is 0 Å². The SMILES string of the molecule is Cl.OCCCCc1ncc(-c2cccs2)o1. The van der Waals surface area contributed by atoms with E-state index < -0.39 is 0 Å². The summed E-state index contributed by atoms with van der Waals surface area (Å²) in [6.07, 6.45) is 4.28. The zero-order valence-corrected chi connectivity index (χ0v) is 10.4. The molecule has 0 aliphatic rings. The van der Waals surface area contributed by atoms with E-state index in [2.05, 4.69) is 4.98 Å². The smallest absolute Gasteiger partial charge is 0.194 e. The van der Waals surface area contributed by atoms with E-state index in [1.807, 2.05) is 17.5 Å². The predicted octanol–water partition coefficient (Wildman–Crippen LogP) is 3.14. The molecule has 2 rings (SSSR count). The summed E-state index contributed by atoms with van der Waals surface area (Å²) in [5, 5.41) is 10.7. The highest BCUT2D eigenvalue weighted by atomic mass is 35.5. The number of thiophene rings is 1. The zero-order chi connectivity index (χ0) is 10.5. The Morgan fingerprint density at radius 1 is 1.38 bits per heavy atom. The van der Waals surface area contributed by atoms with Crippen LogP contribution in [-0.2, 0) is 6.42 Å². The lowest BCUT2D eigenvalue weighted by Gasteiger charge is -1.93. The van der Waals surface area contributed by atoms with Crippen molar-refractivity contribution < 1.29 is 9.52 Å². The van der Waals surface area contributed by atoms with Crippen LogP contribution in [0.5, 0.6) is 0 Å². The Balaban J connectivity index is 0.00000128. The van der Waals surface area contributed by atoms with E-state index in [1.165, 1.54) is 0 Å². The fraction of sp³-hybridized carbons (Fsp3) is 0.364. The lowest BCUT2D eigenvalue weighted by atomic mass is 10.2. The van der Waals surface area contributed by atoms with Crippen LogP contribution in [-0.4, -0.2) is 16.7 Å². The van der Waals surface area contributed by atoms with Gasteiger partial charge in [-0.25, -0.2) is 4.98 Å². The molecule has 0 spiro atoms. The van der Waals surface area contributed by atoms with Gasteiger partial charge in [0.25, 0.3) is 0 Å². The molecule has 0 radical (unpaired) electrons. The summed E-state index contributed by atoms with van der Waals surface area (Å²) >= 11 is 1.64. The largest absolute Gasteiger partial charge is 0.440 e. The molecule has 88 valence electrons. The van der Waals surface area contributed by atoms with Crippen LogP contribution < -0.4 is 0 Å². The predicted molar refractivity (Wildman–Crippen MR) is 67.1 cm³/mol. The third-order valence-corrected chi connectivity index (χ3v) is 3.00. The molecule has 16 heavy (non-hydrogen) atoms. The van der Waals surface area contributed by atoms with Crippen LogP contribution in [0.25, 0.3) is 10.6 Å². The maximum atomic E-state index is 8.65. The van der Waals surface area contributed by atoms with Gasteiger partial charge < -0.3 is 9.52 Å². The van der Waals surface area contributed by atoms with Gasteiger partial charge in [0.15, 0.2) is 11.7 Å². The first-order chi connectivity index (χ1) is 7.40. The molecule has 0 atom stereocenters. The number of aliphatic hydroxyl groups is 1. The van der Waals surface area contributed by atoms with Crippen LogP contribution in [0.1, 0.15) is 18.7 Å². The molecule has 0 saturated carbocycles. The molecule has 0 saturated heterocycles. The van der Waals surface area contributed by atoms with Crippen LogP contribution in [0, 0.1) is 0 Å². The summed E-state index contributed by atoms with van der Waals surface area (Å²) in [4.78, 5) is 5.31. The number of halogens is 1. The first-order valence-electron chi connectivity index (χ1n) is 4.99.